The van der Waals surface area contributed by atoms with E-state index in [4.69, 9.17) is 0 Å². The number of hydrogen-bond donors (Lipinski definition) is 0. The number of rotatable bonds is 0. The molecule has 0 heteroatoms. The molecule has 2 bridgehead atoms. The predicted molar refractivity (Wildman–Crippen MR) is 43.9 cm³/mol. The first-order valence-corrected chi connectivity index (χ1v) is 4.46. The Morgan fingerprint density at radius 3 is 3.00 bits per heavy atom. The van der Waals surface area contributed by atoms with Gasteiger partial charge in [0.15, 0.2) is 0 Å². The molecule has 10 heavy (non-hydrogen) atoms. The normalized spacial score (nSPS) is 39.1. The van der Waals surface area contributed by atoms with Crippen molar-refractivity contribution in [2.45, 2.75) is 45.4 Å². The minimum absolute atomic E-state index is 0.711. The lowest BCUT2D eigenvalue weighted by molar-refractivity contribution is 0.224. The topological polar surface area (TPSA) is 0 Å². The molecular formula is C10H16. The molecule has 0 nitrogen and oxygen atoms in total. The summed E-state index contributed by atoms with van der Waals surface area (Å²) in [6.45, 7) is 2.46. The second kappa shape index (κ2) is 2.11. The van der Waals surface area contributed by atoms with Crippen molar-refractivity contribution in [1.82, 2.24) is 0 Å². The lowest BCUT2D eigenvalue weighted by Gasteiger charge is -2.38. The van der Waals surface area contributed by atoms with Gasteiger partial charge in [-0.15, -0.1) is 0 Å². The lowest BCUT2D eigenvalue weighted by Crippen LogP contribution is -2.23. The molecule has 1 atom stereocenters. The van der Waals surface area contributed by atoms with Crippen molar-refractivity contribution in [3.8, 4) is 0 Å². The summed E-state index contributed by atoms with van der Waals surface area (Å²) in [6.07, 6.45) is 11.0. The third-order valence-corrected chi connectivity index (χ3v) is 3.11. The van der Waals surface area contributed by atoms with Crippen molar-refractivity contribution < 1.29 is 0 Å². The minimum atomic E-state index is 0.711. The van der Waals surface area contributed by atoms with Gasteiger partial charge in [0.25, 0.3) is 0 Å². The van der Waals surface area contributed by atoms with Gasteiger partial charge in [-0.3, -0.25) is 0 Å². The highest BCUT2D eigenvalue weighted by Crippen LogP contribution is 2.45. The third kappa shape index (κ3) is 1.00. The summed E-state index contributed by atoms with van der Waals surface area (Å²) in [4.78, 5) is 0. The Morgan fingerprint density at radius 1 is 1.40 bits per heavy atom. The summed E-state index contributed by atoms with van der Waals surface area (Å²) in [5, 5.41) is 0. The molecule has 2 rings (SSSR count). The number of fused-ring (bicyclic) bond motifs is 2. The molecule has 56 valence electrons. The summed E-state index contributed by atoms with van der Waals surface area (Å²) >= 11 is 0. The van der Waals surface area contributed by atoms with Crippen LogP contribution >= 0.6 is 0 Å². The van der Waals surface area contributed by atoms with E-state index < -0.39 is 0 Å². The largest absolute Gasteiger partial charge is 0.0853 e. The zero-order chi connectivity index (χ0) is 7.03. The van der Waals surface area contributed by atoms with Gasteiger partial charge in [-0.25, -0.2) is 0 Å². The maximum Gasteiger partial charge on any atom is -0.0266 e. The van der Waals surface area contributed by atoms with Gasteiger partial charge in [0, 0.05) is 0 Å². The van der Waals surface area contributed by atoms with Gasteiger partial charge in [-0.1, -0.05) is 18.6 Å². The van der Waals surface area contributed by atoms with Crippen LogP contribution in [0.2, 0.25) is 0 Å². The molecular weight excluding hydrogens is 120 g/mol. The molecule has 0 aliphatic heterocycles. The van der Waals surface area contributed by atoms with Crippen molar-refractivity contribution in [3.63, 3.8) is 0 Å². The quantitative estimate of drug-likeness (QED) is 0.448. The van der Waals surface area contributed by atoms with Gasteiger partial charge in [0.2, 0.25) is 0 Å². The van der Waals surface area contributed by atoms with Crippen molar-refractivity contribution >= 4 is 0 Å². The van der Waals surface area contributed by atoms with Crippen molar-refractivity contribution in [3.05, 3.63) is 11.6 Å². The average Bonchev–Trinajstić information content (AvgIpc) is 1.86. The van der Waals surface area contributed by atoms with Crippen LogP contribution in [0.25, 0.3) is 0 Å². The Bertz CT molecular complexity index is 167. The first-order chi connectivity index (χ1) is 4.79. The van der Waals surface area contributed by atoms with Gasteiger partial charge in [-0.05, 0) is 43.9 Å². The van der Waals surface area contributed by atoms with E-state index in [0.29, 0.717) is 5.41 Å². The van der Waals surface area contributed by atoms with E-state index in [1.54, 1.807) is 5.57 Å². The van der Waals surface area contributed by atoms with Crippen LogP contribution < -0.4 is 0 Å². The molecule has 0 N–H and O–H groups in total. The van der Waals surface area contributed by atoms with E-state index in [2.05, 4.69) is 13.0 Å². The fraction of sp³-hybridized carbons (Fsp3) is 0.800. The van der Waals surface area contributed by atoms with Crippen molar-refractivity contribution in [1.29, 1.82) is 0 Å². The van der Waals surface area contributed by atoms with Crippen LogP contribution in [0.3, 0.4) is 0 Å². The molecule has 1 unspecified atom stereocenters. The number of hydrogen-bond acceptors (Lipinski definition) is 0. The first-order valence-electron chi connectivity index (χ1n) is 4.46. The first kappa shape index (κ1) is 6.45. The smallest absolute Gasteiger partial charge is 0.0266 e. The van der Waals surface area contributed by atoms with Gasteiger partial charge in [0.1, 0.15) is 0 Å². The molecule has 0 spiro atoms. The summed E-state index contributed by atoms with van der Waals surface area (Å²) < 4.78 is 0. The van der Waals surface area contributed by atoms with Gasteiger partial charge < -0.3 is 0 Å². The highest BCUT2D eigenvalue weighted by molar-refractivity contribution is 5.12. The fourth-order valence-electron chi connectivity index (χ4n) is 2.48. The molecule has 1 saturated carbocycles. The van der Waals surface area contributed by atoms with Crippen LogP contribution in [0.4, 0.5) is 0 Å². The third-order valence-electron chi connectivity index (χ3n) is 3.11. The van der Waals surface area contributed by atoms with Crippen LogP contribution in [0, 0.1) is 5.41 Å². The molecule has 0 radical (unpaired) electrons. The Balaban J connectivity index is 2.21. The highest BCUT2D eigenvalue weighted by atomic mass is 14.4. The van der Waals surface area contributed by atoms with E-state index in [-0.39, 0.29) is 0 Å². The molecule has 0 saturated heterocycles. The van der Waals surface area contributed by atoms with Crippen LogP contribution in [0.5, 0.6) is 0 Å². The van der Waals surface area contributed by atoms with E-state index in [1.165, 1.54) is 38.5 Å². The van der Waals surface area contributed by atoms with E-state index in [0.717, 1.165) is 0 Å². The van der Waals surface area contributed by atoms with Crippen molar-refractivity contribution in [2.24, 2.45) is 5.41 Å². The summed E-state index contributed by atoms with van der Waals surface area (Å²) in [6, 6.07) is 0. The molecule has 0 aromatic rings. The predicted octanol–water partition coefficient (Wildman–Crippen LogP) is 3.29. The SMILES string of the molecule is CC12CCC=C(CCC1)C2. The molecule has 2 aliphatic carbocycles. The lowest BCUT2D eigenvalue weighted by atomic mass is 9.68. The monoisotopic (exact) mass is 136 g/mol. The Hall–Kier alpha value is -0.260. The molecule has 1 fully saturated rings. The van der Waals surface area contributed by atoms with Crippen LogP contribution in [-0.4, -0.2) is 0 Å². The molecule has 0 aromatic carbocycles. The van der Waals surface area contributed by atoms with E-state index >= 15 is 0 Å². The molecule has 0 aromatic heterocycles. The highest BCUT2D eigenvalue weighted by Gasteiger charge is 2.30. The fourth-order valence-corrected chi connectivity index (χ4v) is 2.48. The summed E-state index contributed by atoms with van der Waals surface area (Å²) in [7, 11) is 0. The second-order valence-corrected chi connectivity index (χ2v) is 4.24. The zero-order valence-electron chi connectivity index (χ0n) is 6.82. The average molecular weight is 136 g/mol. The second-order valence-electron chi connectivity index (χ2n) is 4.24. The van der Waals surface area contributed by atoms with Crippen LogP contribution in [0.15, 0.2) is 11.6 Å². The maximum absolute atomic E-state index is 2.47. The molecule has 2 aliphatic rings. The van der Waals surface area contributed by atoms with Crippen LogP contribution in [-0.2, 0) is 0 Å². The Labute approximate surface area is 63.3 Å². The van der Waals surface area contributed by atoms with Gasteiger partial charge in [0.05, 0.1) is 0 Å². The van der Waals surface area contributed by atoms with Crippen LogP contribution in [0.1, 0.15) is 45.4 Å². The minimum Gasteiger partial charge on any atom is -0.0853 e. The van der Waals surface area contributed by atoms with E-state index in [1.807, 2.05) is 0 Å². The standard InChI is InChI=1S/C10H16/c1-10-6-2-4-9(8-10)5-3-7-10/h4H,2-3,5-8H2,1H3. The summed E-state index contributed by atoms with van der Waals surface area (Å²) in [5.74, 6) is 0. The van der Waals surface area contributed by atoms with Crippen molar-refractivity contribution in [2.75, 3.05) is 0 Å². The molecule has 0 amide bonds. The zero-order valence-corrected chi connectivity index (χ0v) is 6.82. The van der Waals surface area contributed by atoms with E-state index in [9.17, 15) is 0 Å². The summed E-state index contributed by atoms with van der Waals surface area (Å²) in [5.41, 5.74) is 2.46. The number of allylic oxidation sites excluding steroid dienone is 2. The van der Waals surface area contributed by atoms with Gasteiger partial charge >= 0.3 is 0 Å². The Morgan fingerprint density at radius 2 is 2.30 bits per heavy atom. The maximum atomic E-state index is 2.47. The molecule has 0 heterocycles. The van der Waals surface area contributed by atoms with Gasteiger partial charge in [-0.2, -0.15) is 0 Å². The Kier molecular flexibility index (Phi) is 1.36.